The lowest BCUT2D eigenvalue weighted by atomic mass is 9.96. The molecule has 6 nitrogen and oxygen atoms in total. The first-order valence-electron chi connectivity index (χ1n) is 7.30. The minimum Gasteiger partial charge on any atom is -0.368 e. The van der Waals surface area contributed by atoms with Crippen LogP contribution in [0.1, 0.15) is 51.9 Å². The van der Waals surface area contributed by atoms with E-state index in [4.69, 9.17) is 5.73 Å². The van der Waals surface area contributed by atoms with Gasteiger partial charge in [0.2, 0.25) is 17.8 Å². The van der Waals surface area contributed by atoms with Crippen molar-refractivity contribution in [2.75, 3.05) is 22.9 Å². The van der Waals surface area contributed by atoms with Gasteiger partial charge in [-0.2, -0.15) is 15.0 Å². The van der Waals surface area contributed by atoms with E-state index in [1.807, 2.05) is 0 Å². The molecule has 1 saturated carbocycles. The Hall–Kier alpha value is -1.59. The molecule has 0 radical (unpaired) electrons. The third kappa shape index (κ3) is 4.54. The van der Waals surface area contributed by atoms with E-state index in [-0.39, 0.29) is 5.95 Å². The lowest BCUT2D eigenvalue weighted by molar-refractivity contribution is 0.461. The van der Waals surface area contributed by atoms with Gasteiger partial charge in [0.1, 0.15) is 0 Å². The summed E-state index contributed by atoms with van der Waals surface area (Å²) >= 11 is 0. The van der Waals surface area contributed by atoms with Crippen LogP contribution in [0.5, 0.6) is 0 Å². The Labute approximate surface area is 114 Å². The van der Waals surface area contributed by atoms with Crippen LogP contribution in [-0.4, -0.2) is 27.5 Å². The molecule has 0 atom stereocenters. The maximum absolute atomic E-state index is 5.73. The molecule has 0 unspecified atom stereocenters. The Kier molecular flexibility index (Phi) is 5.18. The number of rotatable bonds is 6. The van der Waals surface area contributed by atoms with Crippen LogP contribution in [0.25, 0.3) is 0 Å². The fraction of sp³-hybridized carbons (Fsp3) is 0.769. The first kappa shape index (κ1) is 13.8. The summed E-state index contributed by atoms with van der Waals surface area (Å²) in [6, 6.07) is 0.471. The van der Waals surface area contributed by atoms with Crippen LogP contribution in [-0.2, 0) is 0 Å². The summed E-state index contributed by atoms with van der Waals surface area (Å²) in [7, 11) is 0. The zero-order chi connectivity index (χ0) is 13.5. The molecule has 6 heteroatoms. The van der Waals surface area contributed by atoms with Crippen LogP contribution in [0, 0.1) is 0 Å². The predicted octanol–water partition coefficient (Wildman–Crippen LogP) is 2.41. The van der Waals surface area contributed by atoms with Gasteiger partial charge in [0.15, 0.2) is 0 Å². The van der Waals surface area contributed by atoms with Crippen LogP contribution < -0.4 is 16.4 Å². The van der Waals surface area contributed by atoms with Gasteiger partial charge >= 0.3 is 0 Å². The highest BCUT2D eigenvalue weighted by Gasteiger charge is 2.14. The molecule has 1 fully saturated rings. The second-order valence-electron chi connectivity index (χ2n) is 5.10. The van der Waals surface area contributed by atoms with Gasteiger partial charge in [0.25, 0.3) is 0 Å². The highest BCUT2D eigenvalue weighted by atomic mass is 15.2. The number of hydrogen-bond donors (Lipinski definition) is 3. The molecule has 0 bridgehead atoms. The molecular formula is C13H24N6. The summed E-state index contributed by atoms with van der Waals surface area (Å²) < 4.78 is 0. The number of unbranched alkanes of at least 4 members (excludes halogenated alkanes) is 1. The number of nitrogen functional groups attached to an aromatic ring is 1. The van der Waals surface area contributed by atoms with Crippen LogP contribution in [0.4, 0.5) is 17.8 Å². The number of hydrogen-bond acceptors (Lipinski definition) is 6. The Morgan fingerprint density at radius 3 is 2.58 bits per heavy atom. The second-order valence-corrected chi connectivity index (χ2v) is 5.10. The van der Waals surface area contributed by atoms with E-state index in [1.54, 1.807) is 0 Å². The molecule has 1 aliphatic rings. The van der Waals surface area contributed by atoms with Gasteiger partial charge in [0.05, 0.1) is 0 Å². The molecule has 0 spiro atoms. The minimum atomic E-state index is 0.271. The average molecular weight is 264 g/mol. The fourth-order valence-corrected chi connectivity index (χ4v) is 2.34. The molecule has 19 heavy (non-hydrogen) atoms. The largest absolute Gasteiger partial charge is 0.368 e. The molecule has 1 aromatic rings. The number of anilines is 3. The first-order valence-corrected chi connectivity index (χ1v) is 7.30. The maximum Gasteiger partial charge on any atom is 0.229 e. The smallest absolute Gasteiger partial charge is 0.229 e. The number of nitrogens with zero attached hydrogens (tertiary/aromatic N) is 3. The van der Waals surface area contributed by atoms with Crippen LogP contribution in [0.2, 0.25) is 0 Å². The molecule has 2 rings (SSSR count). The molecule has 1 heterocycles. The van der Waals surface area contributed by atoms with Crippen molar-refractivity contribution in [3.05, 3.63) is 0 Å². The Bertz CT molecular complexity index is 389. The number of aromatic nitrogens is 3. The molecule has 1 aromatic heterocycles. The molecule has 1 aliphatic carbocycles. The van der Waals surface area contributed by atoms with E-state index in [1.165, 1.54) is 32.1 Å². The second kappa shape index (κ2) is 7.11. The number of nitrogens with one attached hydrogen (secondary N) is 2. The van der Waals surface area contributed by atoms with Crippen molar-refractivity contribution in [1.29, 1.82) is 0 Å². The predicted molar refractivity (Wildman–Crippen MR) is 78.1 cm³/mol. The van der Waals surface area contributed by atoms with Gasteiger partial charge in [0, 0.05) is 12.6 Å². The fourth-order valence-electron chi connectivity index (χ4n) is 2.34. The van der Waals surface area contributed by atoms with E-state index in [0.29, 0.717) is 17.9 Å². The third-order valence-electron chi connectivity index (χ3n) is 3.40. The Morgan fingerprint density at radius 2 is 1.84 bits per heavy atom. The van der Waals surface area contributed by atoms with Gasteiger partial charge in [-0.1, -0.05) is 32.6 Å². The normalized spacial score (nSPS) is 16.3. The minimum absolute atomic E-state index is 0.271. The lowest BCUT2D eigenvalue weighted by Gasteiger charge is -2.22. The molecule has 106 valence electrons. The van der Waals surface area contributed by atoms with Crippen molar-refractivity contribution in [2.45, 2.75) is 57.9 Å². The van der Waals surface area contributed by atoms with Crippen molar-refractivity contribution in [2.24, 2.45) is 0 Å². The summed E-state index contributed by atoms with van der Waals surface area (Å²) in [5.41, 5.74) is 5.73. The highest BCUT2D eigenvalue weighted by molar-refractivity contribution is 5.40. The van der Waals surface area contributed by atoms with Crippen molar-refractivity contribution < 1.29 is 0 Å². The van der Waals surface area contributed by atoms with Crippen LogP contribution in [0.15, 0.2) is 0 Å². The topological polar surface area (TPSA) is 88.8 Å². The van der Waals surface area contributed by atoms with Crippen molar-refractivity contribution >= 4 is 17.8 Å². The lowest BCUT2D eigenvalue weighted by Crippen LogP contribution is -2.24. The SMILES string of the molecule is CCCCNc1nc(N)nc(NC2CCCCC2)n1. The van der Waals surface area contributed by atoms with E-state index in [9.17, 15) is 0 Å². The monoisotopic (exact) mass is 264 g/mol. The molecule has 0 aromatic carbocycles. The quantitative estimate of drug-likeness (QED) is 0.684. The van der Waals surface area contributed by atoms with Gasteiger partial charge in [-0.15, -0.1) is 0 Å². The van der Waals surface area contributed by atoms with Crippen LogP contribution >= 0.6 is 0 Å². The maximum atomic E-state index is 5.73. The standard InChI is InChI=1S/C13H24N6/c1-2-3-9-15-12-17-11(14)18-13(19-12)16-10-7-5-4-6-8-10/h10H,2-9H2,1H3,(H4,14,15,16,17,18,19). The zero-order valence-electron chi connectivity index (χ0n) is 11.7. The van der Waals surface area contributed by atoms with E-state index in [0.717, 1.165) is 19.4 Å². The van der Waals surface area contributed by atoms with E-state index in [2.05, 4.69) is 32.5 Å². The molecule has 0 amide bonds. The van der Waals surface area contributed by atoms with Gasteiger partial charge < -0.3 is 16.4 Å². The molecule has 0 saturated heterocycles. The van der Waals surface area contributed by atoms with Gasteiger partial charge in [-0.3, -0.25) is 0 Å². The van der Waals surface area contributed by atoms with Crippen LogP contribution in [0.3, 0.4) is 0 Å². The van der Waals surface area contributed by atoms with Crippen molar-refractivity contribution in [3.8, 4) is 0 Å². The number of nitrogens with two attached hydrogens (primary N) is 1. The highest BCUT2D eigenvalue weighted by Crippen LogP contribution is 2.20. The third-order valence-corrected chi connectivity index (χ3v) is 3.40. The Balaban J connectivity index is 1.95. The zero-order valence-corrected chi connectivity index (χ0v) is 11.7. The summed E-state index contributed by atoms with van der Waals surface area (Å²) in [6.07, 6.45) is 8.49. The average Bonchev–Trinajstić information content (AvgIpc) is 2.39. The van der Waals surface area contributed by atoms with E-state index >= 15 is 0 Å². The first-order chi connectivity index (χ1) is 9.28. The molecule has 4 N–H and O–H groups in total. The summed E-state index contributed by atoms with van der Waals surface area (Å²) in [6.45, 7) is 3.02. The van der Waals surface area contributed by atoms with Crippen molar-refractivity contribution in [3.63, 3.8) is 0 Å². The molecular weight excluding hydrogens is 240 g/mol. The Morgan fingerprint density at radius 1 is 1.11 bits per heavy atom. The van der Waals surface area contributed by atoms with Crippen molar-refractivity contribution in [1.82, 2.24) is 15.0 Å². The molecule has 0 aliphatic heterocycles. The van der Waals surface area contributed by atoms with Gasteiger partial charge in [-0.05, 0) is 19.3 Å². The van der Waals surface area contributed by atoms with Gasteiger partial charge in [-0.25, -0.2) is 0 Å². The van der Waals surface area contributed by atoms with E-state index < -0.39 is 0 Å². The summed E-state index contributed by atoms with van der Waals surface area (Å²) in [4.78, 5) is 12.6. The summed E-state index contributed by atoms with van der Waals surface area (Å²) in [5.74, 6) is 1.44. The summed E-state index contributed by atoms with van der Waals surface area (Å²) in [5, 5.41) is 6.55.